The van der Waals surface area contributed by atoms with E-state index in [-0.39, 0.29) is 23.8 Å². The average molecular weight is 667 g/mol. The number of carbonyl (C=O) groups excluding carboxylic acids is 3. The van der Waals surface area contributed by atoms with Crippen LogP contribution in [0.15, 0.2) is 30.1 Å². The minimum Gasteiger partial charge on any atom is -0.396 e. The number of ketones is 1. The molecule has 1 unspecified atom stereocenters. The number of amides is 1. The van der Waals surface area contributed by atoms with Crippen molar-refractivity contribution in [1.82, 2.24) is 25.2 Å². The molecule has 1 aliphatic heterocycles. The van der Waals surface area contributed by atoms with Gasteiger partial charge >= 0.3 is 0 Å². The van der Waals surface area contributed by atoms with Crippen molar-refractivity contribution in [2.24, 2.45) is 5.92 Å². The van der Waals surface area contributed by atoms with Crippen LogP contribution in [0.1, 0.15) is 92.6 Å². The summed E-state index contributed by atoms with van der Waals surface area (Å²) in [5.41, 5.74) is 3.40. The number of nitrogens with one attached hydrogen (secondary N) is 3. The highest BCUT2D eigenvalue weighted by molar-refractivity contribution is 6.02. The van der Waals surface area contributed by atoms with Gasteiger partial charge in [0, 0.05) is 61.7 Å². The van der Waals surface area contributed by atoms with Crippen molar-refractivity contribution in [3.63, 3.8) is 0 Å². The van der Waals surface area contributed by atoms with Crippen molar-refractivity contribution in [3.8, 4) is 0 Å². The lowest BCUT2D eigenvalue weighted by Gasteiger charge is -2.40. The Hall–Kier alpha value is -3.74. The predicted molar refractivity (Wildman–Crippen MR) is 195 cm³/mol. The van der Waals surface area contributed by atoms with E-state index in [0.717, 1.165) is 88.1 Å². The molecule has 1 amide bonds. The molecule has 1 aliphatic carbocycles. The maximum Gasteiger partial charge on any atom is 0.230 e. The Bertz CT molecular complexity index is 1300. The first-order valence-electron chi connectivity index (χ1n) is 17.3. The summed E-state index contributed by atoms with van der Waals surface area (Å²) in [5, 5.41) is 19.0. The van der Waals surface area contributed by atoms with Crippen LogP contribution in [-0.2, 0) is 14.4 Å². The molecule has 1 saturated heterocycles. The number of hydrogen-bond acceptors (Lipinski definition) is 11. The zero-order valence-corrected chi connectivity index (χ0v) is 30.1. The molecule has 2 fully saturated rings. The van der Waals surface area contributed by atoms with Crippen molar-refractivity contribution < 1.29 is 19.5 Å². The van der Waals surface area contributed by atoms with Gasteiger partial charge in [0.05, 0.1) is 11.9 Å². The molecular weight excluding hydrogens is 608 g/mol. The summed E-state index contributed by atoms with van der Waals surface area (Å²) in [5.74, 6) is 1.54. The molecule has 1 saturated carbocycles. The number of anilines is 4. The van der Waals surface area contributed by atoms with Crippen molar-refractivity contribution in [1.29, 1.82) is 0 Å². The monoisotopic (exact) mass is 666 g/mol. The second kappa shape index (κ2) is 20.6. The lowest BCUT2D eigenvalue weighted by molar-refractivity contribution is -0.114. The third-order valence-corrected chi connectivity index (χ3v) is 8.71. The van der Waals surface area contributed by atoms with Crippen LogP contribution in [0.5, 0.6) is 0 Å². The highest BCUT2D eigenvalue weighted by Crippen LogP contribution is 2.37. The first-order chi connectivity index (χ1) is 23.1. The Morgan fingerprint density at radius 1 is 1.04 bits per heavy atom. The molecule has 4 N–H and O–H groups in total. The second-order valence-corrected chi connectivity index (χ2v) is 13.0. The Morgan fingerprint density at radius 2 is 1.71 bits per heavy atom. The number of aromatic nitrogens is 3. The van der Waals surface area contributed by atoms with Crippen LogP contribution in [0.3, 0.4) is 0 Å². The summed E-state index contributed by atoms with van der Waals surface area (Å²) < 4.78 is 0. The molecule has 12 heteroatoms. The zero-order chi connectivity index (χ0) is 35.7. The van der Waals surface area contributed by atoms with Gasteiger partial charge in [-0.2, -0.15) is 4.98 Å². The standard InChI is InChI=1S/C33H50N8O3.C2H6.CH2O/c1-23(30(24(2)44)25-8-6-7-9-25)28-21-35-32(39-31(28)36-22-43)38-29-11-10-27(20-34-29)41-17-15-40(16-18-41)26(13-19-42)12-14-37-33(3,4)5;2*1-2/h10-11,20-22,25-26,37,42H,6-9,12-19H2,1-5H3,(H2,34,35,36,38,39,43);1-2H3;1H2/b30-23-;;. The number of rotatable bonds is 14. The fourth-order valence-corrected chi connectivity index (χ4v) is 6.48. The van der Waals surface area contributed by atoms with Gasteiger partial charge in [0.15, 0.2) is 5.78 Å². The van der Waals surface area contributed by atoms with Gasteiger partial charge in [0.25, 0.3) is 0 Å². The van der Waals surface area contributed by atoms with E-state index in [0.29, 0.717) is 35.6 Å². The largest absolute Gasteiger partial charge is 0.396 e. The van der Waals surface area contributed by atoms with Crippen molar-refractivity contribution >= 4 is 47.8 Å². The highest BCUT2D eigenvalue weighted by atomic mass is 16.3. The molecule has 0 aromatic carbocycles. The van der Waals surface area contributed by atoms with E-state index in [1.54, 1.807) is 13.1 Å². The van der Waals surface area contributed by atoms with Gasteiger partial charge in [-0.1, -0.05) is 26.7 Å². The van der Waals surface area contributed by atoms with E-state index in [2.05, 4.69) is 61.5 Å². The number of allylic oxidation sites excluding steroid dienone is 2. The van der Waals surface area contributed by atoms with Crippen LogP contribution in [0.2, 0.25) is 0 Å². The maximum absolute atomic E-state index is 12.6. The molecule has 2 aliphatic rings. The summed E-state index contributed by atoms with van der Waals surface area (Å²) in [6.07, 6.45) is 10.1. The van der Waals surface area contributed by atoms with E-state index in [9.17, 15) is 14.7 Å². The Morgan fingerprint density at radius 3 is 2.25 bits per heavy atom. The SMILES string of the molecule is C=O.CC.CC(=O)/C(=C(\C)c1cnc(Nc2ccc(N3CCN(C(CCO)CCNC(C)(C)C)CC3)cn2)nc1NC=O)C1CCCC1. The minimum atomic E-state index is 0.0535. The molecule has 0 radical (unpaired) electrons. The quantitative estimate of drug-likeness (QED) is 0.155. The lowest BCUT2D eigenvalue weighted by atomic mass is 9.88. The van der Waals surface area contributed by atoms with Gasteiger partial charge in [-0.15, -0.1) is 0 Å². The van der Waals surface area contributed by atoms with Crippen molar-refractivity contribution in [2.75, 3.05) is 54.9 Å². The Balaban J connectivity index is 0.00000193. The van der Waals surface area contributed by atoms with E-state index in [1.807, 2.05) is 45.9 Å². The van der Waals surface area contributed by atoms with Crippen LogP contribution in [-0.4, -0.2) is 94.9 Å². The van der Waals surface area contributed by atoms with Crippen LogP contribution in [0.4, 0.5) is 23.3 Å². The summed E-state index contributed by atoms with van der Waals surface area (Å²) in [4.78, 5) is 50.5. The summed E-state index contributed by atoms with van der Waals surface area (Å²) in [6.45, 7) is 20.8. The van der Waals surface area contributed by atoms with Crippen LogP contribution in [0.25, 0.3) is 5.57 Å². The van der Waals surface area contributed by atoms with Crippen LogP contribution < -0.4 is 20.9 Å². The molecule has 0 bridgehead atoms. The first-order valence-corrected chi connectivity index (χ1v) is 17.3. The highest BCUT2D eigenvalue weighted by Gasteiger charge is 2.27. The van der Waals surface area contributed by atoms with Gasteiger partial charge in [0.2, 0.25) is 12.4 Å². The zero-order valence-electron chi connectivity index (χ0n) is 30.1. The minimum absolute atomic E-state index is 0.0535. The van der Waals surface area contributed by atoms with Gasteiger partial charge in [0.1, 0.15) is 18.4 Å². The topological polar surface area (TPSA) is 153 Å². The molecule has 3 heterocycles. The molecule has 0 spiro atoms. The molecule has 1 atom stereocenters. The molecule has 4 rings (SSSR count). The third-order valence-electron chi connectivity index (χ3n) is 8.71. The number of Topliss-reactive ketones (excluding diaryl/α,β-unsaturated/α-hetero) is 1. The Labute approximate surface area is 287 Å². The van der Waals surface area contributed by atoms with Gasteiger partial charge in [-0.3, -0.25) is 14.5 Å². The third kappa shape index (κ3) is 12.1. The summed E-state index contributed by atoms with van der Waals surface area (Å²) in [7, 11) is 0. The predicted octanol–water partition coefficient (Wildman–Crippen LogP) is 5.23. The maximum atomic E-state index is 12.6. The van der Waals surface area contributed by atoms with Crippen LogP contribution >= 0.6 is 0 Å². The lowest BCUT2D eigenvalue weighted by Crippen LogP contribution is -2.51. The molecule has 12 nitrogen and oxygen atoms in total. The Kier molecular flexibility index (Phi) is 17.3. The number of aliphatic hydroxyl groups is 1. The smallest absolute Gasteiger partial charge is 0.230 e. The van der Waals surface area contributed by atoms with Crippen molar-refractivity contribution in [2.45, 2.75) is 98.6 Å². The van der Waals surface area contributed by atoms with Gasteiger partial charge in [-0.25, -0.2) is 9.97 Å². The van der Waals surface area contributed by atoms with E-state index < -0.39 is 0 Å². The average Bonchev–Trinajstić information content (AvgIpc) is 3.61. The number of aliphatic hydroxyl groups excluding tert-OH is 1. The summed E-state index contributed by atoms with van der Waals surface area (Å²) >= 11 is 0. The number of nitrogens with zero attached hydrogens (tertiary/aromatic N) is 5. The van der Waals surface area contributed by atoms with E-state index in [1.165, 1.54) is 0 Å². The molecule has 48 heavy (non-hydrogen) atoms. The number of piperazine rings is 1. The fourth-order valence-electron chi connectivity index (χ4n) is 6.48. The normalized spacial score (nSPS) is 16.5. The number of carbonyl (C=O) groups is 3. The second-order valence-electron chi connectivity index (χ2n) is 13.0. The van der Waals surface area contributed by atoms with Gasteiger partial charge < -0.3 is 30.8 Å². The molecule has 2 aromatic heterocycles. The first kappa shape index (κ1) is 40.4. The van der Waals surface area contributed by atoms with E-state index in [4.69, 9.17) is 4.79 Å². The number of pyridine rings is 1. The summed E-state index contributed by atoms with van der Waals surface area (Å²) in [6, 6.07) is 4.30. The molecular formula is C36H58N8O4. The van der Waals surface area contributed by atoms with Crippen LogP contribution in [0, 0.1) is 5.92 Å². The van der Waals surface area contributed by atoms with E-state index >= 15 is 0 Å². The molecule has 2 aromatic rings. The molecule has 266 valence electrons. The van der Waals surface area contributed by atoms with Gasteiger partial charge in [-0.05, 0) is 90.5 Å². The van der Waals surface area contributed by atoms with Crippen molar-refractivity contribution in [3.05, 3.63) is 35.7 Å². The number of hydrogen-bond donors (Lipinski definition) is 4. The fraction of sp³-hybridized carbons (Fsp3) is 0.611.